The van der Waals surface area contributed by atoms with E-state index < -0.39 is 6.10 Å². The molecule has 13 heavy (non-hydrogen) atoms. The number of hydrogen-bond donors (Lipinski definition) is 1. The standard InChI is InChI=1S/C9H13NO2S/c1-12-8-3-7(4-10-5-8)9(11)6-13-2/h3-5,9,11H,6H2,1-2H3. The van der Waals surface area contributed by atoms with E-state index in [1.165, 1.54) is 0 Å². The molecule has 1 unspecified atom stereocenters. The second-order valence-electron chi connectivity index (χ2n) is 2.63. The molecule has 0 radical (unpaired) electrons. The number of aliphatic hydroxyl groups excluding tert-OH is 1. The zero-order valence-corrected chi connectivity index (χ0v) is 8.54. The molecule has 0 amide bonds. The lowest BCUT2D eigenvalue weighted by molar-refractivity contribution is 0.203. The van der Waals surface area contributed by atoms with E-state index in [0.29, 0.717) is 11.5 Å². The number of thioether (sulfide) groups is 1. The van der Waals surface area contributed by atoms with Crippen LogP contribution in [0.3, 0.4) is 0 Å². The minimum atomic E-state index is -0.461. The molecule has 0 aromatic carbocycles. The Morgan fingerprint density at radius 1 is 1.62 bits per heavy atom. The predicted octanol–water partition coefficient (Wildman–Crippen LogP) is 1.49. The third-order valence-corrected chi connectivity index (χ3v) is 2.33. The van der Waals surface area contributed by atoms with E-state index in [2.05, 4.69) is 4.98 Å². The van der Waals surface area contributed by atoms with Gasteiger partial charge in [-0.1, -0.05) is 0 Å². The molecule has 0 aliphatic rings. The summed E-state index contributed by atoms with van der Waals surface area (Å²) >= 11 is 1.60. The minimum absolute atomic E-state index is 0.461. The third-order valence-electron chi connectivity index (χ3n) is 1.68. The van der Waals surface area contributed by atoms with Gasteiger partial charge in [-0.3, -0.25) is 4.98 Å². The zero-order chi connectivity index (χ0) is 9.68. The summed E-state index contributed by atoms with van der Waals surface area (Å²) < 4.78 is 5.00. The van der Waals surface area contributed by atoms with Gasteiger partial charge in [-0.25, -0.2) is 0 Å². The number of ether oxygens (including phenoxy) is 1. The molecule has 1 heterocycles. The average Bonchev–Trinajstić information content (AvgIpc) is 2.18. The van der Waals surface area contributed by atoms with E-state index in [-0.39, 0.29) is 0 Å². The number of pyridine rings is 1. The number of aliphatic hydroxyl groups is 1. The first-order valence-corrected chi connectivity index (χ1v) is 5.33. The van der Waals surface area contributed by atoms with Crippen LogP contribution in [0.1, 0.15) is 11.7 Å². The van der Waals surface area contributed by atoms with Crippen molar-refractivity contribution >= 4 is 11.8 Å². The highest BCUT2D eigenvalue weighted by Gasteiger charge is 2.07. The summed E-state index contributed by atoms with van der Waals surface area (Å²) in [7, 11) is 1.59. The van der Waals surface area contributed by atoms with Gasteiger partial charge < -0.3 is 9.84 Å². The predicted molar refractivity (Wildman–Crippen MR) is 54.1 cm³/mol. The lowest BCUT2D eigenvalue weighted by Crippen LogP contribution is -2.01. The van der Waals surface area contributed by atoms with E-state index in [9.17, 15) is 5.11 Å². The largest absolute Gasteiger partial charge is 0.495 e. The van der Waals surface area contributed by atoms with Gasteiger partial charge in [-0.15, -0.1) is 0 Å². The first-order chi connectivity index (χ1) is 6.27. The van der Waals surface area contributed by atoms with Gasteiger partial charge >= 0.3 is 0 Å². The Morgan fingerprint density at radius 2 is 2.38 bits per heavy atom. The number of methoxy groups -OCH3 is 1. The van der Waals surface area contributed by atoms with Crippen LogP contribution in [-0.4, -0.2) is 29.2 Å². The van der Waals surface area contributed by atoms with Gasteiger partial charge in [0.2, 0.25) is 0 Å². The smallest absolute Gasteiger partial charge is 0.137 e. The summed E-state index contributed by atoms with van der Waals surface area (Å²) in [5.74, 6) is 1.35. The van der Waals surface area contributed by atoms with Crippen molar-refractivity contribution in [3.63, 3.8) is 0 Å². The molecule has 1 N–H and O–H groups in total. The third kappa shape index (κ3) is 2.90. The molecule has 0 aliphatic heterocycles. The summed E-state index contributed by atoms with van der Waals surface area (Å²) in [5.41, 5.74) is 0.800. The Bertz CT molecular complexity index is 268. The van der Waals surface area contributed by atoms with Gasteiger partial charge in [0.1, 0.15) is 5.75 Å². The van der Waals surface area contributed by atoms with E-state index >= 15 is 0 Å². The van der Waals surface area contributed by atoms with Crippen LogP contribution in [-0.2, 0) is 0 Å². The maximum atomic E-state index is 9.62. The Morgan fingerprint density at radius 3 is 3.00 bits per heavy atom. The molecule has 0 spiro atoms. The van der Waals surface area contributed by atoms with Crippen LogP contribution < -0.4 is 4.74 Å². The fourth-order valence-electron chi connectivity index (χ4n) is 0.984. The summed E-state index contributed by atoms with van der Waals surface area (Å²) in [6.45, 7) is 0. The van der Waals surface area contributed by atoms with Crippen LogP contribution >= 0.6 is 11.8 Å². The summed E-state index contributed by atoms with van der Waals surface area (Å²) in [5, 5.41) is 9.62. The minimum Gasteiger partial charge on any atom is -0.495 e. The molecule has 0 saturated heterocycles. The molecular formula is C9H13NO2S. The molecule has 4 heteroatoms. The molecule has 0 saturated carbocycles. The summed E-state index contributed by atoms with van der Waals surface area (Å²) in [4.78, 5) is 3.96. The van der Waals surface area contributed by atoms with Gasteiger partial charge in [0.15, 0.2) is 0 Å². The van der Waals surface area contributed by atoms with Crippen LogP contribution in [0.5, 0.6) is 5.75 Å². The summed E-state index contributed by atoms with van der Waals surface area (Å²) in [6, 6.07) is 1.80. The van der Waals surface area contributed by atoms with Gasteiger partial charge in [-0.05, 0) is 12.3 Å². The molecule has 1 atom stereocenters. The highest BCUT2D eigenvalue weighted by molar-refractivity contribution is 7.98. The molecule has 1 aromatic rings. The Balaban J connectivity index is 2.75. The van der Waals surface area contributed by atoms with E-state index in [4.69, 9.17) is 4.74 Å². The zero-order valence-electron chi connectivity index (χ0n) is 7.73. The van der Waals surface area contributed by atoms with Crippen LogP contribution in [0.4, 0.5) is 0 Å². The van der Waals surface area contributed by atoms with Crippen molar-refractivity contribution in [3.05, 3.63) is 24.0 Å². The van der Waals surface area contributed by atoms with Crippen molar-refractivity contribution < 1.29 is 9.84 Å². The van der Waals surface area contributed by atoms with Crippen molar-refractivity contribution in [1.82, 2.24) is 4.98 Å². The highest BCUT2D eigenvalue weighted by atomic mass is 32.2. The number of rotatable bonds is 4. The summed E-state index contributed by atoms with van der Waals surface area (Å²) in [6.07, 6.45) is 4.77. The van der Waals surface area contributed by atoms with Crippen molar-refractivity contribution in [3.8, 4) is 5.75 Å². The fraction of sp³-hybridized carbons (Fsp3) is 0.444. The molecule has 72 valence electrons. The maximum absolute atomic E-state index is 9.62. The quantitative estimate of drug-likeness (QED) is 0.797. The van der Waals surface area contributed by atoms with Gasteiger partial charge in [0, 0.05) is 17.5 Å². The molecule has 0 bridgehead atoms. The fourth-order valence-corrected chi connectivity index (χ4v) is 1.49. The molecule has 1 rings (SSSR count). The van der Waals surface area contributed by atoms with Crippen molar-refractivity contribution in [2.45, 2.75) is 6.10 Å². The normalized spacial score (nSPS) is 12.5. The first kappa shape index (κ1) is 10.3. The van der Waals surface area contributed by atoms with E-state index in [1.807, 2.05) is 6.26 Å². The monoisotopic (exact) mass is 199 g/mol. The lowest BCUT2D eigenvalue weighted by atomic mass is 10.2. The maximum Gasteiger partial charge on any atom is 0.137 e. The second kappa shape index (κ2) is 5.09. The first-order valence-electron chi connectivity index (χ1n) is 3.94. The Hall–Kier alpha value is -0.740. The second-order valence-corrected chi connectivity index (χ2v) is 3.54. The lowest BCUT2D eigenvalue weighted by Gasteiger charge is -2.09. The van der Waals surface area contributed by atoms with Gasteiger partial charge in [-0.2, -0.15) is 11.8 Å². The number of aromatic nitrogens is 1. The highest BCUT2D eigenvalue weighted by Crippen LogP contribution is 2.19. The van der Waals surface area contributed by atoms with Crippen molar-refractivity contribution in [2.24, 2.45) is 0 Å². The molecule has 0 fully saturated rings. The van der Waals surface area contributed by atoms with Crippen LogP contribution in [0, 0.1) is 0 Å². The molecule has 1 aromatic heterocycles. The van der Waals surface area contributed by atoms with E-state index in [0.717, 1.165) is 5.56 Å². The van der Waals surface area contributed by atoms with Crippen molar-refractivity contribution in [1.29, 1.82) is 0 Å². The van der Waals surface area contributed by atoms with Gasteiger partial charge in [0.05, 0.1) is 19.4 Å². The van der Waals surface area contributed by atoms with Crippen LogP contribution in [0.2, 0.25) is 0 Å². The van der Waals surface area contributed by atoms with Gasteiger partial charge in [0.25, 0.3) is 0 Å². The molecule has 0 aliphatic carbocycles. The average molecular weight is 199 g/mol. The van der Waals surface area contributed by atoms with Crippen molar-refractivity contribution in [2.75, 3.05) is 19.1 Å². The van der Waals surface area contributed by atoms with Crippen LogP contribution in [0.15, 0.2) is 18.5 Å². The Labute approximate surface area is 82.1 Å². The van der Waals surface area contributed by atoms with E-state index in [1.54, 1.807) is 37.3 Å². The number of nitrogens with zero attached hydrogens (tertiary/aromatic N) is 1. The Kier molecular flexibility index (Phi) is 4.05. The topological polar surface area (TPSA) is 42.4 Å². The SMILES string of the molecule is COc1cncc(C(O)CSC)c1. The molecule has 3 nitrogen and oxygen atoms in total. The number of hydrogen-bond acceptors (Lipinski definition) is 4. The molecular weight excluding hydrogens is 186 g/mol. The van der Waals surface area contributed by atoms with Crippen LogP contribution in [0.25, 0.3) is 0 Å².